The molecule has 8 heteroatoms. The summed E-state index contributed by atoms with van der Waals surface area (Å²) in [7, 11) is 4.50. The molecular formula is C19H21F2NO5. The maximum atomic E-state index is 12.5. The van der Waals surface area contributed by atoms with E-state index in [4.69, 9.17) is 14.2 Å². The monoisotopic (exact) mass is 381 g/mol. The van der Waals surface area contributed by atoms with Crippen LogP contribution in [-0.2, 0) is 0 Å². The van der Waals surface area contributed by atoms with E-state index in [9.17, 15) is 13.6 Å². The molecule has 0 spiro atoms. The highest BCUT2D eigenvalue weighted by molar-refractivity contribution is 5.94. The fourth-order valence-electron chi connectivity index (χ4n) is 2.53. The molecule has 27 heavy (non-hydrogen) atoms. The van der Waals surface area contributed by atoms with Gasteiger partial charge in [0.25, 0.3) is 5.91 Å². The van der Waals surface area contributed by atoms with E-state index in [0.717, 1.165) is 5.56 Å². The van der Waals surface area contributed by atoms with Crippen LogP contribution in [0.1, 0.15) is 28.9 Å². The molecule has 0 aliphatic carbocycles. The third-order valence-electron chi connectivity index (χ3n) is 3.86. The number of alkyl halides is 2. The second-order valence-corrected chi connectivity index (χ2v) is 5.56. The Morgan fingerprint density at radius 3 is 2.15 bits per heavy atom. The topological polar surface area (TPSA) is 66.0 Å². The zero-order chi connectivity index (χ0) is 20.0. The minimum absolute atomic E-state index is 0.0851. The fraction of sp³-hybridized carbons (Fsp3) is 0.316. The first-order valence-electron chi connectivity index (χ1n) is 8.05. The standard InChI is InChI=1S/C19H21F2NO5/c1-11(13-9-15(24-2)17(26-4)16(10-13)25-3)22-18(23)12-6-5-7-14(8-12)27-19(20)21/h5-11,19H,1-4H3,(H,22,23). The van der Waals surface area contributed by atoms with Crippen molar-refractivity contribution in [3.05, 3.63) is 47.5 Å². The van der Waals surface area contributed by atoms with Crippen molar-refractivity contribution in [2.45, 2.75) is 19.6 Å². The molecule has 0 radical (unpaired) electrons. The number of carbonyl (C=O) groups is 1. The van der Waals surface area contributed by atoms with Crippen molar-refractivity contribution in [3.63, 3.8) is 0 Å². The number of methoxy groups -OCH3 is 3. The van der Waals surface area contributed by atoms with Crippen molar-refractivity contribution in [1.29, 1.82) is 0 Å². The molecule has 0 saturated heterocycles. The maximum Gasteiger partial charge on any atom is 0.387 e. The van der Waals surface area contributed by atoms with E-state index >= 15 is 0 Å². The van der Waals surface area contributed by atoms with Crippen molar-refractivity contribution in [2.24, 2.45) is 0 Å². The number of rotatable bonds is 8. The molecule has 0 heterocycles. The lowest BCUT2D eigenvalue weighted by atomic mass is 10.1. The molecule has 0 fully saturated rings. The van der Waals surface area contributed by atoms with Gasteiger partial charge in [0.2, 0.25) is 5.75 Å². The normalized spacial score (nSPS) is 11.7. The summed E-state index contributed by atoms with van der Waals surface area (Å²) in [6.07, 6.45) is 0. The largest absolute Gasteiger partial charge is 0.493 e. The first-order chi connectivity index (χ1) is 12.9. The molecule has 1 atom stereocenters. The van der Waals surface area contributed by atoms with E-state index in [0.29, 0.717) is 17.2 Å². The van der Waals surface area contributed by atoms with Gasteiger partial charge in [0, 0.05) is 5.56 Å². The molecular weight excluding hydrogens is 360 g/mol. The number of amides is 1. The van der Waals surface area contributed by atoms with Gasteiger partial charge in [-0.3, -0.25) is 4.79 Å². The van der Waals surface area contributed by atoms with E-state index in [2.05, 4.69) is 10.1 Å². The van der Waals surface area contributed by atoms with Crippen molar-refractivity contribution in [2.75, 3.05) is 21.3 Å². The molecule has 1 N–H and O–H groups in total. The van der Waals surface area contributed by atoms with Gasteiger partial charge in [0.05, 0.1) is 27.4 Å². The quantitative estimate of drug-likeness (QED) is 0.753. The molecule has 2 aromatic rings. The van der Waals surface area contributed by atoms with E-state index < -0.39 is 18.6 Å². The minimum atomic E-state index is -2.96. The Balaban J connectivity index is 2.21. The number of benzene rings is 2. The van der Waals surface area contributed by atoms with Crippen molar-refractivity contribution in [3.8, 4) is 23.0 Å². The summed E-state index contributed by atoms with van der Waals surface area (Å²) in [5.41, 5.74) is 0.922. The van der Waals surface area contributed by atoms with E-state index in [1.165, 1.54) is 45.6 Å². The zero-order valence-electron chi connectivity index (χ0n) is 15.4. The van der Waals surface area contributed by atoms with Gasteiger partial charge in [-0.1, -0.05) is 6.07 Å². The maximum absolute atomic E-state index is 12.5. The van der Waals surface area contributed by atoms with E-state index in [1.54, 1.807) is 19.1 Å². The average Bonchev–Trinajstić information content (AvgIpc) is 2.66. The predicted octanol–water partition coefficient (Wildman–Crippen LogP) is 3.80. The second-order valence-electron chi connectivity index (χ2n) is 5.56. The lowest BCUT2D eigenvalue weighted by Gasteiger charge is -2.19. The predicted molar refractivity (Wildman–Crippen MR) is 95.1 cm³/mol. The molecule has 0 aliphatic rings. The van der Waals surface area contributed by atoms with E-state index in [1.807, 2.05) is 0 Å². The third kappa shape index (κ3) is 4.99. The van der Waals surface area contributed by atoms with Gasteiger partial charge in [0.1, 0.15) is 5.75 Å². The number of carbonyl (C=O) groups excluding carboxylic acids is 1. The Morgan fingerprint density at radius 1 is 1.00 bits per heavy atom. The van der Waals surface area contributed by atoms with Gasteiger partial charge in [-0.05, 0) is 42.8 Å². The van der Waals surface area contributed by atoms with Gasteiger partial charge in [-0.2, -0.15) is 8.78 Å². The number of halogens is 2. The average molecular weight is 381 g/mol. The molecule has 0 bridgehead atoms. The molecule has 0 saturated carbocycles. The molecule has 0 aliphatic heterocycles. The summed E-state index contributed by atoms with van der Waals surface area (Å²) in [6, 6.07) is 8.62. The molecule has 1 unspecified atom stereocenters. The number of ether oxygens (including phenoxy) is 4. The third-order valence-corrected chi connectivity index (χ3v) is 3.86. The Labute approximate surface area is 156 Å². The van der Waals surface area contributed by atoms with Gasteiger partial charge in [0.15, 0.2) is 11.5 Å². The molecule has 2 rings (SSSR count). The van der Waals surface area contributed by atoms with Gasteiger partial charge in [-0.15, -0.1) is 0 Å². The molecule has 2 aromatic carbocycles. The number of nitrogens with one attached hydrogen (secondary N) is 1. The van der Waals surface area contributed by atoms with Crippen LogP contribution in [0.3, 0.4) is 0 Å². The van der Waals surface area contributed by atoms with Gasteiger partial charge >= 0.3 is 6.61 Å². The van der Waals surface area contributed by atoms with Crippen LogP contribution >= 0.6 is 0 Å². The van der Waals surface area contributed by atoms with Crippen LogP contribution in [0, 0.1) is 0 Å². The number of hydrogen-bond acceptors (Lipinski definition) is 5. The zero-order valence-corrected chi connectivity index (χ0v) is 15.4. The van der Waals surface area contributed by atoms with Crippen molar-refractivity contribution in [1.82, 2.24) is 5.32 Å². The first-order valence-corrected chi connectivity index (χ1v) is 8.05. The summed E-state index contributed by atoms with van der Waals surface area (Å²) in [4.78, 5) is 12.5. The fourth-order valence-corrected chi connectivity index (χ4v) is 2.53. The summed E-state index contributed by atoms with van der Waals surface area (Å²) in [6.45, 7) is -1.18. The molecule has 0 aromatic heterocycles. The Morgan fingerprint density at radius 2 is 1.63 bits per heavy atom. The highest BCUT2D eigenvalue weighted by Gasteiger charge is 2.18. The number of hydrogen-bond donors (Lipinski definition) is 1. The molecule has 1 amide bonds. The molecule has 6 nitrogen and oxygen atoms in total. The summed E-state index contributed by atoms with van der Waals surface area (Å²) >= 11 is 0. The Kier molecular flexibility index (Phi) is 6.81. The lowest BCUT2D eigenvalue weighted by Crippen LogP contribution is -2.26. The first kappa shape index (κ1) is 20.3. The Hall–Kier alpha value is -3.03. The van der Waals surface area contributed by atoms with Crippen LogP contribution in [0.4, 0.5) is 8.78 Å². The molecule has 146 valence electrons. The summed E-state index contributed by atoms with van der Waals surface area (Å²) in [5, 5.41) is 2.80. The SMILES string of the molecule is COc1cc(C(C)NC(=O)c2cccc(OC(F)F)c2)cc(OC)c1OC. The van der Waals surface area contributed by atoms with Crippen molar-refractivity contribution >= 4 is 5.91 Å². The highest BCUT2D eigenvalue weighted by atomic mass is 19.3. The lowest BCUT2D eigenvalue weighted by molar-refractivity contribution is -0.0498. The van der Waals surface area contributed by atoms with Crippen LogP contribution < -0.4 is 24.3 Å². The smallest absolute Gasteiger partial charge is 0.387 e. The second kappa shape index (κ2) is 9.07. The van der Waals surface area contributed by atoms with Crippen LogP contribution in [0.5, 0.6) is 23.0 Å². The summed E-state index contributed by atoms with van der Waals surface area (Å²) in [5.74, 6) is 0.841. The minimum Gasteiger partial charge on any atom is -0.493 e. The van der Waals surface area contributed by atoms with E-state index in [-0.39, 0.29) is 11.3 Å². The van der Waals surface area contributed by atoms with Gasteiger partial charge < -0.3 is 24.3 Å². The van der Waals surface area contributed by atoms with Crippen LogP contribution in [0.2, 0.25) is 0 Å². The van der Waals surface area contributed by atoms with Gasteiger partial charge in [-0.25, -0.2) is 0 Å². The van der Waals surface area contributed by atoms with Crippen molar-refractivity contribution < 1.29 is 32.5 Å². The highest BCUT2D eigenvalue weighted by Crippen LogP contribution is 2.39. The van der Waals surface area contributed by atoms with Crippen LogP contribution in [0.25, 0.3) is 0 Å². The Bertz CT molecular complexity index is 772. The van der Waals surface area contributed by atoms with Crippen LogP contribution in [0.15, 0.2) is 36.4 Å². The van der Waals surface area contributed by atoms with Crippen LogP contribution in [-0.4, -0.2) is 33.8 Å². The summed E-state index contributed by atoms with van der Waals surface area (Å²) < 4.78 is 44.9.